The molecule has 1 aromatic heterocycles. The van der Waals surface area contributed by atoms with E-state index >= 15 is 0 Å². The highest BCUT2D eigenvalue weighted by Crippen LogP contribution is 2.21. The molecule has 20 heavy (non-hydrogen) atoms. The predicted molar refractivity (Wildman–Crippen MR) is 82.2 cm³/mol. The molecule has 0 unspecified atom stereocenters. The Hall–Kier alpha value is -1.48. The molecule has 0 spiro atoms. The fourth-order valence-corrected chi connectivity index (χ4v) is 2.45. The third kappa shape index (κ3) is 3.54. The third-order valence-electron chi connectivity index (χ3n) is 3.47. The van der Waals surface area contributed by atoms with Crippen LogP contribution in [0.2, 0.25) is 0 Å². The lowest BCUT2D eigenvalue weighted by atomic mass is 10.2. The lowest BCUT2D eigenvalue weighted by Crippen LogP contribution is -2.08. The molecule has 0 aliphatic heterocycles. The third-order valence-corrected chi connectivity index (χ3v) is 3.76. The molecule has 0 saturated carbocycles. The van der Waals surface area contributed by atoms with Gasteiger partial charge in [0.1, 0.15) is 12.4 Å². The number of alkyl halides is 1. The molecule has 0 amide bonds. The Morgan fingerprint density at radius 3 is 2.65 bits per heavy atom. The Morgan fingerprint density at radius 1 is 1.20 bits per heavy atom. The summed E-state index contributed by atoms with van der Waals surface area (Å²) in [5.74, 6) is 1.29. The summed E-state index contributed by atoms with van der Waals surface area (Å²) in [6.07, 6.45) is 4.21. The van der Waals surface area contributed by atoms with E-state index in [0.29, 0.717) is 18.5 Å². The Kier molecular flexibility index (Phi) is 5.48. The van der Waals surface area contributed by atoms with Gasteiger partial charge >= 0.3 is 0 Å². The summed E-state index contributed by atoms with van der Waals surface area (Å²) in [5.41, 5.74) is 1.95. The molecule has 2 aromatic rings. The molecule has 4 heteroatoms. The summed E-state index contributed by atoms with van der Waals surface area (Å²) >= 11 is 5.90. The van der Waals surface area contributed by atoms with E-state index in [-0.39, 0.29) is 0 Å². The number of halogens is 1. The van der Waals surface area contributed by atoms with Crippen molar-refractivity contribution in [2.75, 3.05) is 0 Å². The van der Waals surface area contributed by atoms with Crippen molar-refractivity contribution in [3.63, 3.8) is 0 Å². The topological polar surface area (TPSA) is 27.1 Å². The average molecular weight is 293 g/mol. The Labute approximate surface area is 125 Å². The van der Waals surface area contributed by atoms with E-state index in [1.807, 2.05) is 41.2 Å². The quantitative estimate of drug-likeness (QED) is 0.699. The molecule has 108 valence electrons. The molecular formula is C16H21ClN2O. The molecule has 0 bridgehead atoms. The maximum Gasteiger partial charge on any atom is 0.132 e. The van der Waals surface area contributed by atoms with Gasteiger partial charge in [-0.3, -0.25) is 4.68 Å². The summed E-state index contributed by atoms with van der Waals surface area (Å²) in [5, 5.41) is 4.58. The van der Waals surface area contributed by atoms with E-state index in [1.165, 1.54) is 0 Å². The van der Waals surface area contributed by atoms with Crippen LogP contribution in [0.25, 0.3) is 0 Å². The van der Waals surface area contributed by atoms with Crippen molar-refractivity contribution in [2.24, 2.45) is 0 Å². The lowest BCUT2D eigenvalue weighted by molar-refractivity contribution is 0.295. The first-order valence-electron chi connectivity index (χ1n) is 7.09. The van der Waals surface area contributed by atoms with Crippen molar-refractivity contribution in [2.45, 2.75) is 45.2 Å². The number of hydrogen-bond donors (Lipinski definition) is 0. The van der Waals surface area contributed by atoms with Gasteiger partial charge in [-0.25, -0.2) is 0 Å². The van der Waals surface area contributed by atoms with Crippen LogP contribution >= 0.6 is 11.6 Å². The molecule has 1 aromatic carbocycles. The van der Waals surface area contributed by atoms with Crippen LogP contribution in [-0.4, -0.2) is 9.78 Å². The second-order valence-corrected chi connectivity index (χ2v) is 5.05. The van der Waals surface area contributed by atoms with Crippen LogP contribution in [0.3, 0.4) is 0 Å². The minimum atomic E-state index is 0.457. The van der Waals surface area contributed by atoms with Gasteiger partial charge < -0.3 is 4.74 Å². The van der Waals surface area contributed by atoms with E-state index < -0.39 is 0 Å². The van der Waals surface area contributed by atoms with Crippen molar-refractivity contribution in [3.05, 3.63) is 47.8 Å². The zero-order chi connectivity index (χ0) is 14.4. The highest BCUT2D eigenvalue weighted by molar-refractivity contribution is 6.17. The van der Waals surface area contributed by atoms with E-state index in [2.05, 4.69) is 18.9 Å². The fraction of sp³-hybridized carbons (Fsp3) is 0.438. The Morgan fingerprint density at radius 2 is 1.95 bits per heavy atom. The molecule has 0 radical (unpaired) electrons. The molecule has 1 heterocycles. The highest BCUT2D eigenvalue weighted by atomic mass is 35.5. The Balaban J connectivity index is 2.01. The van der Waals surface area contributed by atoms with Crippen molar-refractivity contribution in [1.29, 1.82) is 0 Å². The number of ether oxygens (including phenoxy) is 1. The molecular weight excluding hydrogens is 272 g/mol. The fourth-order valence-electron chi connectivity index (χ4n) is 2.23. The normalized spacial score (nSPS) is 11.0. The maximum absolute atomic E-state index is 5.90. The van der Waals surface area contributed by atoms with Gasteiger partial charge in [-0.05, 0) is 25.0 Å². The smallest absolute Gasteiger partial charge is 0.132 e. The number of nitrogens with zero attached hydrogens (tertiary/aromatic N) is 2. The van der Waals surface area contributed by atoms with Gasteiger partial charge in [-0.2, -0.15) is 5.10 Å². The molecule has 0 atom stereocenters. The molecule has 0 aliphatic carbocycles. The van der Waals surface area contributed by atoms with Crippen LogP contribution in [0.15, 0.2) is 36.5 Å². The van der Waals surface area contributed by atoms with Crippen LogP contribution in [0, 0.1) is 0 Å². The monoisotopic (exact) mass is 292 g/mol. The number of rotatable bonds is 7. The minimum Gasteiger partial charge on any atom is -0.487 e. The van der Waals surface area contributed by atoms with Gasteiger partial charge in [0.2, 0.25) is 0 Å². The first-order chi connectivity index (χ1) is 9.78. The van der Waals surface area contributed by atoms with E-state index in [0.717, 1.165) is 29.8 Å². The number of para-hydroxylation sites is 1. The molecule has 0 aliphatic rings. The van der Waals surface area contributed by atoms with Crippen LogP contribution < -0.4 is 4.74 Å². The zero-order valence-electron chi connectivity index (χ0n) is 12.1. The van der Waals surface area contributed by atoms with E-state index in [1.54, 1.807) is 0 Å². The van der Waals surface area contributed by atoms with Crippen LogP contribution in [0.1, 0.15) is 44.0 Å². The molecule has 0 saturated heterocycles. The van der Waals surface area contributed by atoms with Crippen LogP contribution in [0.4, 0.5) is 0 Å². The standard InChI is InChI=1S/C16H21ClN2O/c1-3-15(4-2)19-10-9-14(18-19)12-20-16-8-6-5-7-13(16)11-17/h5-10,15H,3-4,11-12H2,1-2H3. The summed E-state index contributed by atoms with van der Waals surface area (Å²) in [6, 6.07) is 10.3. The predicted octanol–water partition coefficient (Wildman–Crippen LogP) is 4.56. The Bertz CT molecular complexity index is 535. The summed E-state index contributed by atoms with van der Waals surface area (Å²) in [6.45, 7) is 4.84. The van der Waals surface area contributed by atoms with Crippen LogP contribution in [0.5, 0.6) is 5.75 Å². The molecule has 0 N–H and O–H groups in total. The lowest BCUT2D eigenvalue weighted by Gasteiger charge is -2.12. The summed E-state index contributed by atoms with van der Waals surface area (Å²) in [7, 11) is 0. The van der Waals surface area contributed by atoms with Gasteiger partial charge in [-0.15, -0.1) is 11.6 Å². The molecule has 2 rings (SSSR count). The SMILES string of the molecule is CCC(CC)n1ccc(COc2ccccc2CCl)n1. The highest BCUT2D eigenvalue weighted by Gasteiger charge is 2.09. The first kappa shape index (κ1) is 14.9. The molecule has 3 nitrogen and oxygen atoms in total. The van der Waals surface area contributed by atoms with Gasteiger partial charge in [0, 0.05) is 11.8 Å². The van der Waals surface area contributed by atoms with Crippen molar-refractivity contribution < 1.29 is 4.74 Å². The van der Waals surface area contributed by atoms with Gasteiger partial charge in [0.05, 0.1) is 17.6 Å². The van der Waals surface area contributed by atoms with E-state index in [4.69, 9.17) is 16.3 Å². The number of hydrogen-bond acceptors (Lipinski definition) is 2. The molecule has 0 fully saturated rings. The van der Waals surface area contributed by atoms with Crippen molar-refractivity contribution in [1.82, 2.24) is 9.78 Å². The number of benzene rings is 1. The van der Waals surface area contributed by atoms with Crippen molar-refractivity contribution >= 4 is 11.6 Å². The second kappa shape index (κ2) is 7.34. The zero-order valence-corrected chi connectivity index (χ0v) is 12.8. The minimum absolute atomic E-state index is 0.457. The van der Waals surface area contributed by atoms with Gasteiger partial charge in [0.25, 0.3) is 0 Å². The summed E-state index contributed by atoms with van der Waals surface area (Å²) < 4.78 is 7.85. The van der Waals surface area contributed by atoms with Crippen LogP contribution in [-0.2, 0) is 12.5 Å². The second-order valence-electron chi connectivity index (χ2n) is 4.79. The van der Waals surface area contributed by atoms with Gasteiger partial charge in [-0.1, -0.05) is 32.0 Å². The van der Waals surface area contributed by atoms with E-state index in [9.17, 15) is 0 Å². The average Bonchev–Trinajstić information content (AvgIpc) is 2.95. The first-order valence-corrected chi connectivity index (χ1v) is 7.62. The largest absolute Gasteiger partial charge is 0.487 e. The number of aromatic nitrogens is 2. The van der Waals surface area contributed by atoms with Crippen molar-refractivity contribution in [3.8, 4) is 5.75 Å². The van der Waals surface area contributed by atoms with Gasteiger partial charge in [0.15, 0.2) is 0 Å². The maximum atomic E-state index is 5.90. The summed E-state index contributed by atoms with van der Waals surface area (Å²) in [4.78, 5) is 0.